The molecule has 1 aromatic carbocycles. The summed E-state index contributed by atoms with van der Waals surface area (Å²) < 4.78 is 17.5. The molecule has 0 saturated carbocycles. The van der Waals surface area contributed by atoms with Gasteiger partial charge in [0.1, 0.15) is 5.76 Å². The first kappa shape index (κ1) is 16.1. The summed E-state index contributed by atoms with van der Waals surface area (Å²) in [5.74, 6) is 1.63. The van der Waals surface area contributed by atoms with E-state index in [2.05, 4.69) is 15.6 Å². The average Bonchev–Trinajstić information content (AvgIpc) is 3.06. The number of nitrogens with one attached hydrogen (secondary N) is 2. The number of halogens is 1. The number of rotatable bonds is 8. The normalized spacial score (nSPS) is 11.4. The number of aliphatic imine (C=N–C) groups is 1. The molecule has 0 fully saturated rings. The first-order valence-electron chi connectivity index (χ1n) is 7.53. The molecule has 4 nitrogen and oxygen atoms in total. The molecule has 0 saturated heterocycles. The summed E-state index contributed by atoms with van der Waals surface area (Å²) in [4.78, 5) is 4.53. The second-order valence-corrected chi connectivity index (χ2v) is 4.88. The predicted octanol–water partition coefficient (Wildman–Crippen LogP) is 2.92. The van der Waals surface area contributed by atoms with Crippen molar-refractivity contribution in [2.45, 2.75) is 19.4 Å². The number of hydrogen-bond donors (Lipinski definition) is 2. The lowest BCUT2D eigenvalue weighted by atomic mass is 10.2. The monoisotopic (exact) mass is 303 g/mol. The van der Waals surface area contributed by atoms with Crippen LogP contribution in [-0.2, 0) is 13.0 Å². The summed E-state index contributed by atoms with van der Waals surface area (Å²) in [6.07, 6.45) is 2.92. The molecule has 0 aliphatic rings. The highest BCUT2D eigenvalue weighted by molar-refractivity contribution is 5.79. The molecule has 2 aromatic rings. The van der Waals surface area contributed by atoms with Crippen molar-refractivity contribution in [1.82, 2.24) is 10.6 Å². The molecule has 1 aromatic heterocycles. The third-order valence-electron chi connectivity index (χ3n) is 3.11. The molecule has 5 heteroatoms. The predicted molar refractivity (Wildman–Crippen MR) is 86.6 cm³/mol. The minimum absolute atomic E-state index is 0.328. The Balaban J connectivity index is 1.83. The van der Waals surface area contributed by atoms with Gasteiger partial charge in [0.15, 0.2) is 5.96 Å². The van der Waals surface area contributed by atoms with Crippen molar-refractivity contribution in [2.24, 2.45) is 4.99 Å². The number of alkyl halides is 1. The van der Waals surface area contributed by atoms with Crippen LogP contribution in [-0.4, -0.2) is 25.7 Å². The van der Waals surface area contributed by atoms with E-state index in [0.717, 1.165) is 17.7 Å². The molecule has 0 atom stereocenters. The minimum atomic E-state index is -0.328. The van der Waals surface area contributed by atoms with Crippen molar-refractivity contribution in [3.05, 3.63) is 60.1 Å². The molecular weight excluding hydrogens is 281 g/mol. The number of benzene rings is 1. The molecule has 0 radical (unpaired) electrons. The van der Waals surface area contributed by atoms with Crippen molar-refractivity contribution in [3.63, 3.8) is 0 Å². The van der Waals surface area contributed by atoms with Crippen LogP contribution >= 0.6 is 0 Å². The van der Waals surface area contributed by atoms with E-state index in [-0.39, 0.29) is 6.67 Å². The summed E-state index contributed by atoms with van der Waals surface area (Å²) in [6, 6.07) is 13.8. The van der Waals surface area contributed by atoms with Gasteiger partial charge in [0.05, 0.1) is 19.5 Å². The molecule has 0 aliphatic carbocycles. The third kappa shape index (κ3) is 5.99. The Hall–Kier alpha value is -2.30. The maximum atomic E-state index is 12.2. The fourth-order valence-corrected chi connectivity index (χ4v) is 1.96. The van der Waals surface area contributed by atoms with Gasteiger partial charge in [0, 0.05) is 19.5 Å². The van der Waals surface area contributed by atoms with E-state index in [9.17, 15) is 4.39 Å². The van der Waals surface area contributed by atoms with Crippen LogP contribution in [0.15, 0.2) is 58.1 Å². The van der Waals surface area contributed by atoms with Crippen LogP contribution in [0.3, 0.4) is 0 Å². The summed E-state index contributed by atoms with van der Waals surface area (Å²) >= 11 is 0. The van der Waals surface area contributed by atoms with Crippen LogP contribution < -0.4 is 10.6 Å². The van der Waals surface area contributed by atoms with Gasteiger partial charge in [0.2, 0.25) is 0 Å². The number of furan rings is 1. The van der Waals surface area contributed by atoms with Crippen molar-refractivity contribution < 1.29 is 8.81 Å². The highest BCUT2D eigenvalue weighted by Gasteiger charge is 2.00. The van der Waals surface area contributed by atoms with Crippen LogP contribution in [0.1, 0.15) is 17.7 Å². The first-order valence-corrected chi connectivity index (χ1v) is 7.53. The van der Waals surface area contributed by atoms with Crippen molar-refractivity contribution in [2.75, 3.05) is 19.8 Å². The van der Waals surface area contributed by atoms with Crippen molar-refractivity contribution >= 4 is 5.96 Å². The van der Waals surface area contributed by atoms with Gasteiger partial charge >= 0.3 is 0 Å². The summed E-state index contributed by atoms with van der Waals surface area (Å²) in [5, 5.41) is 6.38. The Morgan fingerprint density at radius 1 is 1.05 bits per heavy atom. The third-order valence-corrected chi connectivity index (χ3v) is 3.11. The van der Waals surface area contributed by atoms with Gasteiger partial charge in [-0.15, -0.1) is 0 Å². The Morgan fingerprint density at radius 3 is 2.59 bits per heavy atom. The number of guanidine groups is 1. The Kier molecular flexibility index (Phi) is 7.02. The van der Waals surface area contributed by atoms with E-state index < -0.39 is 0 Å². The van der Waals surface area contributed by atoms with Crippen LogP contribution in [0.5, 0.6) is 0 Å². The van der Waals surface area contributed by atoms with E-state index in [0.29, 0.717) is 32.0 Å². The second kappa shape index (κ2) is 9.60. The SMILES string of the molecule is FCCCNC(=NCc1ccccc1)NCCc1ccco1. The van der Waals surface area contributed by atoms with Gasteiger partial charge in [-0.3, -0.25) is 4.39 Å². The van der Waals surface area contributed by atoms with Gasteiger partial charge in [-0.1, -0.05) is 30.3 Å². The molecule has 0 spiro atoms. The zero-order chi connectivity index (χ0) is 15.5. The molecule has 22 heavy (non-hydrogen) atoms. The van der Waals surface area contributed by atoms with E-state index in [1.54, 1.807) is 6.26 Å². The smallest absolute Gasteiger partial charge is 0.191 e. The lowest BCUT2D eigenvalue weighted by Crippen LogP contribution is -2.39. The maximum Gasteiger partial charge on any atom is 0.191 e. The fraction of sp³-hybridized carbons (Fsp3) is 0.353. The van der Waals surface area contributed by atoms with Crippen molar-refractivity contribution in [3.8, 4) is 0 Å². The Morgan fingerprint density at radius 2 is 1.86 bits per heavy atom. The van der Waals surface area contributed by atoms with Gasteiger partial charge < -0.3 is 15.1 Å². The van der Waals surface area contributed by atoms with E-state index >= 15 is 0 Å². The molecule has 0 amide bonds. The summed E-state index contributed by atoms with van der Waals surface area (Å²) in [7, 11) is 0. The second-order valence-electron chi connectivity index (χ2n) is 4.88. The molecular formula is C17H22FN3O. The van der Waals surface area contributed by atoms with Crippen molar-refractivity contribution in [1.29, 1.82) is 0 Å². The average molecular weight is 303 g/mol. The molecule has 1 heterocycles. The van der Waals surface area contributed by atoms with Crippen LogP contribution in [0, 0.1) is 0 Å². The van der Waals surface area contributed by atoms with E-state index in [1.807, 2.05) is 42.5 Å². The van der Waals surface area contributed by atoms with Gasteiger partial charge in [-0.2, -0.15) is 0 Å². The fourth-order valence-electron chi connectivity index (χ4n) is 1.96. The van der Waals surface area contributed by atoms with E-state index in [1.165, 1.54) is 0 Å². The lowest BCUT2D eigenvalue weighted by molar-refractivity contribution is 0.470. The molecule has 0 bridgehead atoms. The topological polar surface area (TPSA) is 49.6 Å². The molecule has 2 rings (SSSR count). The van der Waals surface area contributed by atoms with Crippen LogP contribution in [0.2, 0.25) is 0 Å². The minimum Gasteiger partial charge on any atom is -0.469 e. The Bertz CT molecular complexity index is 540. The standard InChI is InChI=1S/C17H22FN3O/c18-10-5-11-19-17(20-12-9-16-8-4-13-22-16)21-14-15-6-2-1-3-7-15/h1-4,6-8,13H,5,9-12,14H2,(H2,19,20,21). The quantitative estimate of drug-likeness (QED) is 0.448. The highest BCUT2D eigenvalue weighted by atomic mass is 19.1. The van der Waals surface area contributed by atoms with Gasteiger partial charge in [0.25, 0.3) is 0 Å². The summed E-state index contributed by atoms with van der Waals surface area (Å²) in [5.41, 5.74) is 1.14. The largest absolute Gasteiger partial charge is 0.469 e. The Labute approximate surface area is 130 Å². The lowest BCUT2D eigenvalue weighted by Gasteiger charge is -2.11. The molecule has 2 N–H and O–H groups in total. The molecule has 0 aliphatic heterocycles. The number of hydrogen-bond acceptors (Lipinski definition) is 2. The number of nitrogens with zero attached hydrogens (tertiary/aromatic N) is 1. The van der Waals surface area contributed by atoms with Gasteiger partial charge in [-0.05, 0) is 24.1 Å². The molecule has 0 unspecified atom stereocenters. The maximum absolute atomic E-state index is 12.2. The zero-order valence-corrected chi connectivity index (χ0v) is 12.6. The summed E-state index contributed by atoms with van der Waals surface area (Å²) in [6.45, 7) is 1.54. The zero-order valence-electron chi connectivity index (χ0n) is 12.6. The first-order chi connectivity index (χ1) is 10.9. The van der Waals surface area contributed by atoms with Crippen LogP contribution in [0.25, 0.3) is 0 Å². The van der Waals surface area contributed by atoms with E-state index in [4.69, 9.17) is 4.42 Å². The van der Waals surface area contributed by atoms with Crippen LogP contribution in [0.4, 0.5) is 4.39 Å². The highest BCUT2D eigenvalue weighted by Crippen LogP contribution is 2.01. The molecule has 118 valence electrons. The van der Waals surface area contributed by atoms with Gasteiger partial charge in [-0.25, -0.2) is 4.99 Å².